The molecule has 2 fully saturated rings. The van der Waals surface area contributed by atoms with Crippen molar-refractivity contribution in [3.8, 4) is 39.5 Å². The van der Waals surface area contributed by atoms with E-state index in [1.54, 1.807) is 0 Å². The van der Waals surface area contributed by atoms with Gasteiger partial charge in [0.05, 0.1) is 6.61 Å². The van der Waals surface area contributed by atoms with E-state index in [0.29, 0.717) is 5.92 Å². The number of ether oxygens (including phenoxy) is 2. The highest BCUT2D eigenvalue weighted by molar-refractivity contribution is 6.06. The summed E-state index contributed by atoms with van der Waals surface area (Å²) in [5.74, 6) is 6.31. The van der Waals surface area contributed by atoms with Crippen LogP contribution in [0, 0.1) is 37.5 Å². The van der Waals surface area contributed by atoms with E-state index in [2.05, 4.69) is 239 Å². The van der Waals surface area contributed by atoms with E-state index in [0.717, 1.165) is 54.5 Å². The molecule has 0 aromatic heterocycles. The Balaban J connectivity index is 0.000000386. The summed E-state index contributed by atoms with van der Waals surface area (Å²) in [6, 6.07) is 62.9. The second-order valence-corrected chi connectivity index (χ2v) is 23.4. The molecule has 10 aromatic rings. The van der Waals surface area contributed by atoms with Crippen LogP contribution in [0.3, 0.4) is 0 Å². The van der Waals surface area contributed by atoms with Crippen molar-refractivity contribution in [1.82, 2.24) is 0 Å². The molecule has 12 rings (SSSR count). The van der Waals surface area contributed by atoms with Crippen LogP contribution in [-0.4, -0.2) is 6.61 Å². The van der Waals surface area contributed by atoms with Crippen LogP contribution in [0.1, 0.15) is 147 Å². The SMILES string of the molecule is CCC(C)CC.CCC(C)CC.CCC1CC1.CCc1ccc2ccc(-c3c(OCC4CCC4)ccc4ccc(-c5c(C)ccc6ccc(Cc7ccc8ccc(Oc9ccc%10ccc(C)cc%10c9)cc8c7)cc56)cc34)cc2c1. The van der Waals surface area contributed by atoms with Crippen molar-refractivity contribution in [2.75, 3.05) is 6.61 Å². The van der Waals surface area contributed by atoms with Crippen molar-refractivity contribution in [2.45, 2.75) is 146 Å². The molecule has 0 N–H and O–H groups in total. The second-order valence-electron chi connectivity index (χ2n) is 23.4. The Bertz CT molecular complexity index is 3630. The van der Waals surface area contributed by atoms with E-state index in [-0.39, 0.29) is 0 Å². The molecule has 2 aliphatic rings. The van der Waals surface area contributed by atoms with Gasteiger partial charge in [-0.05, 0) is 198 Å². The van der Waals surface area contributed by atoms with Gasteiger partial charge in [0, 0.05) is 5.56 Å². The topological polar surface area (TPSA) is 18.5 Å². The molecule has 79 heavy (non-hydrogen) atoms. The maximum absolute atomic E-state index is 6.74. The van der Waals surface area contributed by atoms with Crippen molar-refractivity contribution < 1.29 is 9.47 Å². The molecule has 0 spiro atoms. The normalized spacial score (nSPS) is 13.2. The van der Waals surface area contributed by atoms with Gasteiger partial charge in [-0.25, -0.2) is 0 Å². The third-order valence-electron chi connectivity index (χ3n) is 17.4. The highest BCUT2D eigenvalue weighted by Crippen LogP contribution is 2.43. The molecule has 0 amide bonds. The molecule has 0 saturated heterocycles. The first kappa shape index (κ1) is 56.8. The van der Waals surface area contributed by atoms with E-state index in [1.807, 2.05) is 0 Å². The minimum Gasteiger partial charge on any atom is -0.493 e. The molecule has 408 valence electrons. The molecule has 0 aliphatic heterocycles. The Hall–Kier alpha value is -6.90. The predicted octanol–water partition coefficient (Wildman–Crippen LogP) is 23.2. The van der Waals surface area contributed by atoms with Crippen molar-refractivity contribution in [3.05, 3.63) is 198 Å². The third kappa shape index (κ3) is 14.5. The van der Waals surface area contributed by atoms with Crippen molar-refractivity contribution in [3.63, 3.8) is 0 Å². The van der Waals surface area contributed by atoms with Crippen molar-refractivity contribution in [1.29, 1.82) is 0 Å². The first-order valence-corrected chi connectivity index (χ1v) is 30.4. The fourth-order valence-corrected chi connectivity index (χ4v) is 10.7. The number of rotatable bonds is 15. The lowest BCUT2D eigenvalue weighted by Crippen LogP contribution is -2.19. The Morgan fingerprint density at radius 3 is 1.48 bits per heavy atom. The quantitative estimate of drug-likeness (QED) is 0.102. The summed E-state index contributed by atoms with van der Waals surface area (Å²) in [5, 5.41) is 12.3. The molecule has 2 heteroatoms. The minimum absolute atomic E-state index is 0.646. The second kappa shape index (κ2) is 26.8. The highest BCUT2D eigenvalue weighted by Gasteiger charge is 2.21. The molecular weight excluding hydrogens is 957 g/mol. The van der Waals surface area contributed by atoms with Crippen LogP contribution in [0.25, 0.3) is 76.1 Å². The van der Waals surface area contributed by atoms with Crippen LogP contribution < -0.4 is 9.47 Å². The Kier molecular flexibility index (Phi) is 19.3. The summed E-state index contributed by atoms with van der Waals surface area (Å²) in [4.78, 5) is 0. The van der Waals surface area contributed by atoms with E-state index < -0.39 is 0 Å². The number of aryl methyl sites for hydroxylation is 3. The predicted molar refractivity (Wildman–Crippen MR) is 345 cm³/mol. The first-order valence-electron chi connectivity index (χ1n) is 30.4. The van der Waals surface area contributed by atoms with E-state index >= 15 is 0 Å². The van der Waals surface area contributed by atoms with Gasteiger partial charge in [0.15, 0.2) is 0 Å². The van der Waals surface area contributed by atoms with Gasteiger partial charge >= 0.3 is 0 Å². The summed E-state index contributed by atoms with van der Waals surface area (Å²) >= 11 is 0. The van der Waals surface area contributed by atoms with E-state index in [9.17, 15) is 0 Å². The van der Waals surface area contributed by atoms with Gasteiger partial charge < -0.3 is 9.47 Å². The molecule has 2 nitrogen and oxygen atoms in total. The van der Waals surface area contributed by atoms with Crippen LogP contribution in [0.15, 0.2) is 170 Å². The molecule has 0 atom stereocenters. The molecule has 0 radical (unpaired) electrons. The molecule has 0 bridgehead atoms. The summed E-state index contributed by atoms with van der Waals surface area (Å²) in [6.45, 7) is 23.1. The maximum atomic E-state index is 6.74. The first-order chi connectivity index (χ1) is 38.4. The summed E-state index contributed by atoms with van der Waals surface area (Å²) in [6.07, 6.45) is 15.4. The van der Waals surface area contributed by atoms with Crippen molar-refractivity contribution >= 4 is 53.9 Å². The fraction of sp³-hybridized carbons (Fsp3) is 0.351. The molecule has 2 aliphatic carbocycles. The lowest BCUT2D eigenvalue weighted by Gasteiger charge is -2.26. The van der Waals surface area contributed by atoms with Crippen LogP contribution in [-0.2, 0) is 12.8 Å². The molecule has 10 aromatic carbocycles. The van der Waals surface area contributed by atoms with E-state index in [1.165, 1.54) is 168 Å². The number of hydrogen-bond donors (Lipinski definition) is 0. The zero-order chi connectivity index (χ0) is 55.4. The fourth-order valence-electron chi connectivity index (χ4n) is 10.7. The van der Waals surface area contributed by atoms with Gasteiger partial charge in [-0.1, -0.05) is 240 Å². The van der Waals surface area contributed by atoms with Crippen LogP contribution >= 0.6 is 0 Å². The average molecular weight is 1050 g/mol. The summed E-state index contributed by atoms with van der Waals surface area (Å²) < 4.78 is 13.2. The molecule has 0 unspecified atom stereocenters. The molecule has 2 saturated carbocycles. The van der Waals surface area contributed by atoms with Crippen molar-refractivity contribution in [2.24, 2.45) is 23.7 Å². The zero-order valence-electron chi connectivity index (χ0n) is 49.5. The summed E-state index contributed by atoms with van der Waals surface area (Å²) in [5.41, 5.74) is 11.3. The van der Waals surface area contributed by atoms with Gasteiger partial charge in [-0.2, -0.15) is 0 Å². The third-order valence-corrected chi connectivity index (χ3v) is 17.4. The summed E-state index contributed by atoms with van der Waals surface area (Å²) in [7, 11) is 0. The van der Waals surface area contributed by atoms with Gasteiger partial charge in [0.2, 0.25) is 0 Å². The van der Waals surface area contributed by atoms with Crippen LogP contribution in [0.5, 0.6) is 17.2 Å². The Morgan fingerprint density at radius 2 is 0.911 bits per heavy atom. The highest BCUT2D eigenvalue weighted by atomic mass is 16.5. The lowest BCUT2D eigenvalue weighted by atomic mass is 9.86. The number of fused-ring (bicyclic) bond motifs is 5. The number of hydrogen-bond acceptors (Lipinski definition) is 2. The Morgan fingerprint density at radius 1 is 0.418 bits per heavy atom. The van der Waals surface area contributed by atoms with Gasteiger partial charge in [-0.3, -0.25) is 0 Å². The van der Waals surface area contributed by atoms with Crippen LogP contribution in [0.2, 0.25) is 0 Å². The number of benzene rings is 10. The van der Waals surface area contributed by atoms with Gasteiger partial charge in [0.25, 0.3) is 0 Å². The standard InChI is InChI=1S/C60H50O2.2C6H14.C5H10/c1-4-40-10-15-45-18-20-49(33-52(45)30-40)60-57-36-50(21-19-48(57)24-27-58(60)61-37-41-6-5-7-41)59-39(3)9-14-47-17-12-43(32-56(47)59)29-42-11-16-46-23-26-55(35-53(46)31-42)62-54-25-22-44-13-8-38(2)28-51(44)34-54;2*1-4-6(3)5-2;1-2-5-3-4-5/h8-28,30-36,41H,4-7,29,37H2,1-3H3;2*6H,4-5H2,1-3H3;5H,2-4H2,1H3. The molecular formula is C77H88O2. The van der Waals surface area contributed by atoms with Gasteiger partial charge in [-0.15, -0.1) is 0 Å². The monoisotopic (exact) mass is 1040 g/mol. The smallest absolute Gasteiger partial charge is 0.128 e. The molecule has 0 heterocycles. The maximum Gasteiger partial charge on any atom is 0.128 e. The Labute approximate surface area is 474 Å². The van der Waals surface area contributed by atoms with Crippen LogP contribution in [0.4, 0.5) is 0 Å². The largest absolute Gasteiger partial charge is 0.493 e. The lowest BCUT2D eigenvalue weighted by molar-refractivity contribution is 0.181. The minimum atomic E-state index is 0.646. The zero-order valence-corrected chi connectivity index (χ0v) is 49.5. The average Bonchev–Trinajstić information content (AvgIpc) is 4.34. The van der Waals surface area contributed by atoms with Gasteiger partial charge in [0.1, 0.15) is 17.2 Å². The van der Waals surface area contributed by atoms with E-state index in [4.69, 9.17) is 9.47 Å².